The topological polar surface area (TPSA) is 9.23 Å². The summed E-state index contributed by atoms with van der Waals surface area (Å²) in [6, 6.07) is 15.3. The number of halogens is 3. The van der Waals surface area contributed by atoms with E-state index in [9.17, 15) is 13.2 Å². The van der Waals surface area contributed by atoms with Crippen LogP contribution in [-0.2, 0) is 4.74 Å². The summed E-state index contributed by atoms with van der Waals surface area (Å²) in [4.78, 5) is 0. The molecule has 2 unspecified atom stereocenters. The van der Waals surface area contributed by atoms with E-state index in [4.69, 9.17) is 4.74 Å². The molecule has 1 saturated heterocycles. The predicted octanol–water partition coefficient (Wildman–Crippen LogP) is 7.98. The third kappa shape index (κ3) is 4.66. The Morgan fingerprint density at radius 2 is 1.59 bits per heavy atom. The van der Waals surface area contributed by atoms with Crippen LogP contribution in [0.3, 0.4) is 0 Å². The van der Waals surface area contributed by atoms with Crippen LogP contribution in [0.2, 0.25) is 0 Å². The van der Waals surface area contributed by atoms with Gasteiger partial charge in [0.05, 0.1) is 12.7 Å². The van der Waals surface area contributed by atoms with Crippen molar-refractivity contribution in [3.8, 4) is 22.3 Å². The first kappa shape index (κ1) is 22.3. The second kappa shape index (κ2) is 9.74. The minimum Gasteiger partial charge on any atom is -0.378 e. The van der Waals surface area contributed by atoms with Crippen molar-refractivity contribution in [2.75, 3.05) is 6.61 Å². The van der Waals surface area contributed by atoms with E-state index in [-0.39, 0.29) is 29.0 Å². The monoisotopic (exact) mass is 436 g/mol. The fraction of sp³-hybridized carbons (Fsp3) is 0.286. The van der Waals surface area contributed by atoms with E-state index < -0.39 is 11.6 Å². The molecular weight excluding hydrogens is 409 g/mol. The quantitative estimate of drug-likeness (QED) is 0.356. The number of hydrogen-bond acceptors (Lipinski definition) is 1. The second-order valence-electron chi connectivity index (χ2n) is 8.47. The van der Waals surface area contributed by atoms with Gasteiger partial charge in [-0.2, -0.15) is 0 Å². The summed E-state index contributed by atoms with van der Waals surface area (Å²) in [5.41, 5.74) is 3.13. The lowest BCUT2D eigenvalue weighted by atomic mass is 9.89. The standard InChI is InChI=1S/C28H27F3O/c1-3-4-5-23-13-11-22(17-32-23)21-12-15-24(26(29)16-21)19-7-9-20(10-8-19)25-14-6-18(2)27(30)28(25)31/h3,6-10,12,14-16,22-23H,1,4-5,11,13,17H2,2H3. The lowest BCUT2D eigenvalue weighted by Gasteiger charge is -2.29. The molecule has 3 aromatic rings. The van der Waals surface area contributed by atoms with Crippen LogP contribution in [0.4, 0.5) is 13.2 Å². The molecule has 0 aliphatic carbocycles. The molecule has 0 radical (unpaired) electrons. The highest BCUT2D eigenvalue weighted by Crippen LogP contribution is 2.34. The molecule has 0 amide bonds. The fourth-order valence-electron chi connectivity index (χ4n) is 4.32. The van der Waals surface area contributed by atoms with Gasteiger partial charge in [-0.15, -0.1) is 6.58 Å². The molecule has 1 nitrogen and oxygen atoms in total. The van der Waals surface area contributed by atoms with Gasteiger partial charge in [0, 0.05) is 17.0 Å². The molecule has 166 valence electrons. The molecule has 1 aliphatic rings. The third-order valence-electron chi connectivity index (χ3n) is 6.31. The van der Waals surface area contributed by atoms with Crippen molar-refractivity contribution in [3.63, 3.8) is 0 Å². The minimum atomic E-state index is -0.866. The molecule has 4 rings (SSSR count). The zero-order valence-corrected chi connectivity index (χ0v) is 18.2. The van der Waals surface area contributed by atoms with Gasteiger partial charge < -0.3 is 4.74 Å². The SMILES string of the molecule is C=CCCC1CCC(c2ccc(-c3ccc(-c4ccc(C)c(F)c4F)cc3)c(F)c2)CO1. The normalized spacial score (nSPS) is 18.5. The molecule has 0 bridgehead atoms. The summed E-state index contributed by atoms with van der Waals surface area (Å²) in [7, 11) is 0. The molecule has 0 N–H and O–H groups in total. The molecule has 32 heavy (non-hydrogen) atoms. The predicted molar refractivity (Wildman–Crippen MR) is 123 cm³/mol. The molecular formula is C28H27F3O. The minimum absolute atomic E-state index is 0.194. The maximum absolute atomic E-state index is 15.0. The van der Waals surface area contributed by atoms with Gasteiger partial charge in [-0.1, -0.05) is 54.6 Å². The van der Waals surface area contributed by atoms with E-state index in [0.29, 0.717) is 23.3 Å². The van der Waals surface area contributed by atoms with Gasteiger partial charge in [-0.25, -0.2) is 13.2 Å². The Hall–Kier alpha value is -2.85. The molecule has 2 atom stereocenters. The van der Waals surface area contributed by atoms with Crippen molar-refractivity contribution in [3.05, 3.63) is 95.8 Å². The smallest absolute Gasteiger partial charge is 0.166 e. The van der Waals surface area contributed by atoms with Gasteiger partial charge in [0.25, 0.3) is 0 Å². The molecule has 0 saturated carbocycles. The van der Waals surface area contributed by atoms with Crippen LogP contribution in [0.1, 0.15) is 42.7 Å². The summed E-state index contributed by atoms with van der Waals surface area (Å²) in [6.07, 6.45) is 6.06. The summed E-state index contributed by atoms with van der Waals surface area (Å²) < 4.78 is 49.1. The largest absolute Gasteiger partial charge is 0.378 e. The first-order valence-corrected chi connectivity index (χ1v) is 11.0. The number of aryl methyl sites for hydroxylation is 1. The van der Waals surface area contributed by atoms with Crippen LogP contribution in [-0.4, -0.2) is 12.7 Å². The Kier molecular flexibility index (Phi) is 6.80. The van der Waals surface area contributed by atoms with Gasteiger partial charge >= 0.3 is 0 Å². The van der Waals surface area contributed by atoms with Gasteiger partial charge in [0.2, 0.25) is 0 Å². The van der Waals surface area contributed by atoms with Crippen LogP contribution >= 0.6 is 0 Å². The zero-order chi connectivity index (χ0) is 22.7. The number of benzene rings is 3. The van der Waals surface area contributed by atoms with E-state index in [0.717, 1.165) is 31.2 Å². The Morgan fingerprint density at radius 3 is 2.22 bits per heavy atom. The Morgan fingerprint density at radius 1 is 0.906 bits per heavy atom. The van der Waals surface area contributed by atoms with Crippen LogP contribution in [0.5, 0.6) is 0 Å². The van der Waals surface area contributed by atoms with E-state index in [1.165, 1.54) is 6.92 Å². The number of hydrogen-bond donors (Lipinski definition) is 0. The fourth-order valence-corrected chi connectivity index (χ4v) is 4.32. The van der Waals surface area contributed by atoms with Gasteiger partial charge in [0.1, 0.15) is 5.82 Å². The molecule has 4 heteroatoms. The number of allylic oxidation sites excluding steroid dienone is 1. The molecule has 3 aromatic carbocycles. The van der Waals surface area contributed by atoms with E-state index >= 15 is 0 Å². The molecule has 0 spiro atoms. The van der Waals surface area contributed by atoms with E-state index in [2.05, 4.69) is 6.58 Å². The van der Waals surface area contributed by atoms with Gasteiger partial charge in [-0.3, -0.25) is 0 Å². The Bertz CT molecular complexity index is 1100. The van der Waals surface area contributed by atoms with Crippen molar-refractivity contribution in [1.82, 2.24) is 0 Å². The average Bonchev–Trinajstić information content (AvgIpc) is 2.82. The Labute approximate surface area is 187 Å². The number of rotatable bonds is 6. The highest BCUT2D eigenvalue weighted by Gasteiger charge is 2.23. The van der Waals surface area contributed by atoms with Crippen molar-refractivity contribution < 1.29 is 17.9 Å². The summed E-state index contributed by atoms with van der Waals surface area (Å²) in [5.74, 6) is -1.81. The first-order valence-electron chi connectivity index (χ1n) is 11.0. The van der Waals surface area contributed by atoms with Gasteiger partial charge in [-0.05, 0) is 60.9 Å². The van der Waals surface area contributed by atoms with Crippen LogP contribution in [0.25, 0.3) is 22.3 Å². The van der Waals surface area contributed by atoms with Crippen molar-refractivity contribution >= 4 is 0 Å². The maximum atomic E-state index is 15.0. The van der Waals surface area contributed by atoms with E-state index in [1.807, 2.05) is 12.1 Å². The molecule has 0 aromatic heterocycles. The van der Waals surface area contributed by atoms with Crippen LogP contribution in [0.15, 0.2) is 67.3 Å². The zero-order valence-electron chi connectivity index (χ0n) is 18.2. The van der Waals surface area contributed by atoms with Gasteiger partial charge in [0.15, 0.2) is 11.6 Å². The average molecular weight is 437 g/mol. The van der Waals surface area contributed by atoms with Crippen molar-refractivity contribution in [2.45, 2.75) is 44.6 Å². The van der Waals surface area contributed by atoms with Crippen LogP contribution in [0, 0.1) is 24.4 Å². The molecule has 1 fully saturated rings. The molecule has 1 aliphatic heterocycles. The maximum Gasteiger partial charge on any atom is 0.166 e. The highest BCUT2D eigenvalue weighted by molar-refractivity contribution is 5.71. The number of ether oxygens (including phenoxy) is 1. The lowest BCUT2D eigenvalue weighted by Crippen LogP contribution is -2.24. The van der Waals surface area contributed by atoms with Crippen molar-refractivity contribution in [1.29, 1.82) is 0 Å². The highest BCUT2D eigenvalue weighted by atomic mass is 19.2. The van der Waals surface area contributed by atoms with Crippen molar-refractivity contribution in [2.24, 2.45) is 0 Å². The second-order valence-corrected chi connectivity index (χ2v) is 8.47. The van der Waals surface area contributed by atoms with E-state index in [1.54, 1.807) is 48.5 Å². The summed E-state index contributed by atoms with van der Waals surface area (Å²) in [6.45, 7) is 5.88. The summed E-state index contributed by atoms with van der Waals surface area (Å²) in [5, 5.41) is 0. The molecule has 1 heterocycles. The third-order valence-corrected chi connectivity index (χ3v) is 6.31. The van der Waals surface area contributed by atoms with Crippen LogP contribution < -0.4 is 0 Å². The lowest BCUT2D eigenvalue weighted by molar-refractivity contribution is -0.000212. The first-order chi connectivity index (χ1) is 15.5. The Balaban J connectivity index is 1.49. The summed E-state index contributed by atoms with van der Waals surface area (Å²) >= 11 is 0.